The lowest BCUT2D eigenvalue weighted by Gasteiger charge is -2.28. The summed E-state index contributed by atoms with van der Waals surface area (Å²) in [6, 6.07) is 24.7. The first-order valence-electron chi connectivity index (χ1n) is 12.1. The van der Waals surface area contributed by atoms with Gasteiger partial charge in [0.05, 0.1) is 22.6 Å². The molecule has 0 saturated carbocycles. The van der Waals surface area contributed by atoms with E-state index in [-0.39, 0.29) is 22.9 Å². The number of Topliss-reactive ketones (excluding diaryl/α,β-unsaturated/α-hetero) is 1. The zero-order valence-electron chi connectivity index (χ0n) is 20.9. The smallest absolute Gasteiger partial charge is 0.294 e. The highest BCUT2D eigenvalue weighted by Gasteiger charge is 2.30. The molecule has 0 radical (unpaired) electrons. The maximum atomic E-state index is 13.7. The molecule has 1 aliphatic carbocycles. The fourth-order valence-corrected chi connectivity index (χ4v) is 5.18. The first-order chi connectivity index (χ1) is 18.6. The fraction of sp³-hybridized carbons (Fsp3) is 0.100. The van der Waals surface area contributed by atoms with Crippen LogP contribution in [0, 0.1) is 0 Å². The van der Waals surface area contributed by atoms with Crippen LogP contribution in [0.2, 0.25) is 0 Å². The first kappa shape index (κ1) is 26.0. The molecule has 1 aliphatic rings. The molecule has 196 valence electrons. The molecule has 39 heavy (non-hydrogen) atoms. The van der Waals surface area contributed by atoms with Gasteiger partial charge in [-0.15, -0.1) is 0 Å². The Hall–Kier alpha value is -4.60. The summed E-state index contributed by atoms with van der Waals surface area (Å²) in [6.07, 6.45) is 0.0774. The number of carbonyl (C=O) groups excluding carboxylic acids is 3. The highest BCUT2D eigenvalue weighted by Crippen LogP contribution is 2.39. The summed E-state index contributed by atoms with van der Waals surface area (Å²) in [5.41, 5.74) is 4.36. The number of nitrogens with one attached hydrogen (secondary N) is 1. The van der Waals surface area contributed by atoms with E-state index in [9.17, 15) is 27.4 Å². The Kier molecular flexibility index (Phi) is 6.86. The van der Waals surface area contributed by atoms with E-state index >= 15 is 0 Å². The molecule has 4 aromatic carbocycles. The molecule has 2 N–H and O–H groups in total. The molecule has 0 aliphatic heterocycles. The van der Waals surface area contributed by atoms with Crippen molar-refractivity contribution in [3.63, 3.8) is 0 Å². The van der Waals surface area contributed by atoms with E-state index < -0.39 is 16.0 Å². The van der Waals surface area contributed by atoms with Gasteiger partial charge in [-0.2, -0.15) is 8.42 Å². The van der Waals surface area contributed by atoms with Crippen molar-refractivity contribution in [1.82, 2.24) is 0 Å². The van der Waals surface area contributed by atoms with Crippen LogP contribution >= 0.6 is 0 Å². The number of hydrogen-bond acceptors (Lipinski definition) is 6. The van der Waals surface area contributed by atoms with E-state index in [0.29, 0.717) is 45.7 Å². The predicted octanol–water partition coefficient (Wildman–Crippen LogP) is 5.05. The number of benzene rings is 4. The minimum absolute atomic E-state index is 0.216. The van der Waals surface area contributed by atoms with Crippen LogP contribution in [-0.2, 0) is 21.3 Å². The molecule has 0 spiro atoms. The van der Waals surface area contributed by atoms with Crippen LogP contribution in [0.15, 0.2) is 95.9 Å². The fourth-order valence-electron chi connectivity index (χ4n) is 4.70. The summed E-state index contributed by atoms with van der Waals surface area (Å²) in [6.45, 7) is 0. The molecule has 1 amide bonds. The van der Waals surface area contributed by atoms with Crippen molar-refractivity contribution < 1.29 is 27.4 Å². The molecule has 0 fully saturated rings. The number of fused-ring (bicyclic) bond motifs is 2. The summed E-state index contributed by atoms with van der Waals surface area (Å²) >= 11 is 0. The minimum atomic E-state index is -4.34. The molecule has 0 unspecified atom stereocenters. The minimum Gasteiger partial charge on any atom is -0.355 e. The summed E-state index contributed by atoms with van der Waals surface area (Å²) in [4.78, 5) is 40.7. The Morgan fingerprint density at radius 2 is 1.56 bits per heavy atom. The third kappa shape index (κ3) is 5.22. The third-order valence-electron chi connectivity index (χ3n) is 6.72. The summed E-state index contributed by atoms with van der Waals surface area (Å²) < 4.78 is 32.0. The molecule has 5 rings (SSSR count). The topological polar surface area (TPSA) is 121 Å². The Morgan fingerprint density at radius 1 is 0.897 bits per heavy atom. The van der Waals surface area contributed by atoms with Gasteiger partial charge in [0.15, 0.2) is 11.6 Å². The van der Waals surface area contributed by atoms with Crippen molar-refractivity contribution in [1.29, 1.82) is 0 Å². The highest BCUT2D eigenvalue weighted by atomic mass is 32.2. The van der Waals surface area contributed by atoms with Crippen LogP contribution in [0.1, 0.15) is 43.8 Å². The maximum absolute atomic E-state index is 13.7. The Morgan fingerprint density at radius 3 is 2.26 bits per heavy atom. The van der Waals surface area contributed by atoms with Gasteiger partial charge in [-0.25, -0.2) is 0 Å². The van der Waals surface area contributed by atoms with E-state index in [2.05, 4.69) is 5.32 Å². The van der Waals surface area contributed by atoms with Gasteiger partial charge in [-0.3, -0.25) is 18.9 Å². The van der Waals surface area contributed by atoms with Gasteiger partial charge in [-0.1, -0.05) is 54.6 Å². The Bertz CT molecular complexity index is 1710. The van der Waals surface area contributed by atoms with Gasteiger partial charge in [0.25, 0.3) is 10.1 Å². The maximum Gasteiger partial charge on any atom is 0.294 e. The highest BCUT2D eigenvalue weighted by molar-refractivity contribution is 7.85. The number of anilines is 3. The zero-order chi connectivity index (χ0) is 27.7. The second-order valence-corrected chi connectivity index (χ2v) is 10.6. The number of nitrogens with zero attached hydrogens (tertiary/aromatic N) is 1. The Balaban J connectivity index is 1.51. The summed E-state index contributed by atoms with van der Waals surface area (Å²) in [5, 5.41) is 3.17. The summed E-state index contributed by atoms with van der Waals surface area (Å²) in [5.74, 6) is -0.916. The van der Waals surface area contributed by atoms with Crippen LogP contribution in [0.3, 0.4) is 0 Å². The number of rotatable bonds is 7. The number of hydrogen-bond donors (Lipinski definition) is 2. The number of ketones is 2. The van der Waals surface area contributed by atoms with Crippen molar-refractivity contribution in [2.24, 2.45) is 0 Å². The van der Waals surface area contributed by atoms with Crippen molar-refractivity contribution in [2.75, 3.05) is 17.3 Å². The SMILES string of the molecule is CN(C(=O)CC(=O)c1ccccc1)c1ccc(Nc2ccc(S(=O)(=O)O)cc2)c2c1Cc1ccccc1C2=O. The summed E-state index contributed by atoms with van der Waals surface area (Å²) in [7, 11) is -2.76. The van der Waals surface area contributed by atoms with E-state index in [1.54, 1.807) is 61.6 Å². The van der Waals surface area contributed by atoms with Crippen molar-refractivity contribution in [3.8, 4) is 0 Å². The molecule has 8 nitrogen and oxygen atoms in total. The van der Waals surface area contributed by atoms with Crippen LogP contribution in [0.4, 0.5) is 17.1 Å². The van der Waals surface area contributed by atoms with Gasteiger partial charge < -0.3 is 10.2 Å². The molecule has 9 heteroatoms. The van der Waals surface area contributed by atoms with Gasteiger partial charge >= 0.3 is 0 Å². The largest absolute Gasteiger partial charge is 0.355 e. The first-order valence-corrected chi connectivity index (χ1v) is 13.6. The standard InChI is InChI=1S/C30H24N2O6S/c1-32(28(34)18-27(33)19-7-3-2-4-8-19)26-16-15-25(31-21-11-13-22(14-12-21)39(36,37)38)29-24(26)17-20-9-5-6-10-23(20)30(29)35/h2-16,31H,17-18H2,1H3,(H,36,37,38). The normalized spacial score (nSPS) is 12.3. The quantitative estimate of drug-likeness (QED) is 0.168. The molecule has 4 aromatic rings. The molecule has 0 atom stereocenters. The van der Waals surface area contributed by atoms with Crippen molar-refractivity contribution in [3.05, 3.63) is 119 Å². The second kappa shape index (κ2) is 10.3. The Labute approximate surface area is 225 Å². The molecule has 0 saturated heterocycles. The average Bonchev–Trinajstić information content (AvgIpc) is 2.93. The van der Waals surface area contributed by atoms with Gasteiger partial charge in [-0.05, 0) is 47.5 Å². The van der Waals surface area contributed by atoms with Gasteiger partial charge in [0.2, 0.25) is 5.91 Å². The predicted molar refractivity (Wildman–Crippen MR) is 147 cm³/mol. The number of amides is 1. The van der Waals surface area contributed by atoms with E-state index in [0.717, 1.165) is 5.56 Å². The van der Waals surface area contributed by atoms with Gasteiger partial charge in [0, 0.05) is 36.0 Å². The number of carbonyl (C=O) groups is 3. The third-order valence-corrected chi connectivity index (χ3v) is 7.59. The van der Waals surface area contributed by atoms with Crippen LogP contribution < -0.4 is 10.2 Å². The molecule has 0 aromatic heterocycles. The van der Waals surface area contributed by atoms with Crippen molar-refractivity contribution in [2.45, 2.75) is 17.7 Å². The van der Waals surface area contributed by atoms with Gasteiger partial charge in [0.1, 0.15) is 0 Å². The molecular formula is C30H24N2O6S. The lowest BCUT2D eigenvalue weighted by molar-refractivity contribution is -0.117. The van der Waals surface area contributed by atoms with Crippen LogP contribution in [0.25, 0.3) is 0 Å². The van der Waals surface area contributed by atoms with Crippen LogP contribution in [0.5, 0.6) is 0 Å². The second-order valence-electron chi connectivity index (χ2n) is 9.19. The average molecular weight is 541 g/mol. The van der Waals surface area contributed by atoms with E-state index in [4.69, 9.17) is 0 Å². The lowest BCUT2D eigenvalue weighted by atomic mass is 9.83. The molecule has 0 heterocycles. The van der Waals surface area contributed by atoms with Crippen molar-refractivity contribution >= 4 is 44.7 Å². The van der Waals surface area contributed by atoms with E-state index in [1.807, 2.05) is 12.1 Å². The lowest BCUT2D eigenvalue weighted by Crippen LogP contribution is -2.30. The molecule has 0 bridgehead atoms. The van der Waals surface area contributed by atoms with E-state index in [1.165, 1.54) is 29.2 Å². The van der Waals surface area contributed by atoms with Crippen LogP contribution in [-0.4, -0.2) is 37.5 Å². The monoisotopic (exact) mass is 540 g/mol. The molecular weight excluding hydrogens is 516 g/mol. The zero-order valence-corrected chi connectivity index (χ0v) is 21.7.